The molecule has 3 rings (SSSR count). The van der Waals surface area contributed by atoms with E-state index in [0.29, 0.717) is 0 Å². The molecular weight excluding hydrogens is 267 g/mol. The third-order valence-corrected chi connectivity index (χ3v) is 4.76. The van der Waals surface area contributed by atoms with Crippen LogP contribution in [-0.2, 0) is 4.79 Å². The molecule has 0 bridgehead atoms. The van der Waals surface area contributed by atoms with Gasteiger partial charge in [-0.3, -0.25) is 10.1 Å². The van der Waals surface area contributed by atoms with Crippen LogP contribution in [0.4, 0.5) is 4.39 Å². The van der Waals surface area contributed by atoms with Crippen molar-refractivity contribution >= 4 is 5.91 Å². The van der Waals surface area contributed by atoms with Crippen LogP contribution in [0.25, 0.3) is 0 Å². The molecule has 1 saturated carbocycles. The van der Waals surface area contributed by atoms with E-state index in [-0.39, 0.29) is 29.5 Å². The number of hydrogen-bond acceptors (Lipinski definition) is 2. The van der Waals surface area contributed by atoms with Crippen LogP contribution >= 0.6 is 0 Å². The molecule has 1 aromatic carbocycles. The van der Waals surface area contributed by atoms with E-state index >= 15 is 0 Å². The summed E-state index contributed by atoms with van der Waals surface area (Å²) in [5.74, 6) is -0.00603. The Morgan fingerprint density at radius 3 is 2.52 bits per heavy atom. The fourth-order valence-corrected chi connectivity index (χ4v) is 3.38. The summed E-state index contributed by atoms with van der Waals surface area (Å²) < 4.78 is 13.2. The number of halogens is 1. The summed E-state index contributed by atoms with van der Waals surface area (Å²) in [5, 5.41) is 3.50. The standard InChI is InChI=1S/C17H23FN2O/c1-3-5-14(4-2)20-15(12-6-8-13(18)9-7-12)19-17(10-11-17)16(20)21/h6-9,14-15,19H,3-5,10-11H2,1-2H3. The molecule has 1 spiro atoms. The SMILES string of the molecule is CCCC(CC)N1C(=O)C2(CC2)NC1c1ccc(F)cc1. The van der Waals surface area contributed by atoms with Crippen LogP contribution in [0.2, 0.25) is 0 Å². The summed E-state index contributed by atoms with van der Waals surface area (Å²) in [6.07, 6.45) is 4.75. The maximum atomic E-state index is 13.2. The van der Waals surface area contributed by atoms with Gasteiger partial charge in [-0.15, -0.1) is 0 Å². The Morgan fingerprint density at radius 1 is 1.33 bits per heavy atom. The number of nitrogens with one attached hydrogen (secondary N) is 1. The highest BCUT2D eigenvalue weighted by Crippen LogP contribution is 2.47. The maximum absolute atomic E-state index is 13.2. The highest BCUT2D eigenvalue weighted by Gasteiger charge is 2.60. The molecule has 0 radical (unpaired) electrons. The van der Waals surface area contributed by atoms with Crippen molar-refractivity contribution in [3.05, 3.63) is 35.6 Å². The fourth-order valence-electron chi connectivity index (χ4n) is 3.38. The van der Waals surface area contributed by atoms with Gasteiger partial charge < -0.3 is 4.90 Å². The summed E-state index contributed by atoms with van der Waals surface area (Å²) in [5.41, 5.74) is 0.642. The summed E-state index contributed by atoms with van der Waals surface area (Å²) >= 11 is 0. The maximum Gasteiger partial charge on any atom is 0.244 e. The topological polar surface area (TPSA) is 32.3 Å². The van der Waals surface area contributed by atoms with Crippen LogP contribution in [0.3, 0.4) is 0 Å². The van der Waals surface area contributed by atoms with Crippen LogP contribution in [0.1, 0.15) is 57.7 Å². The van der Waals surface area contributed by atoms with Gasteiger partial charge in [-0.05, 0) is 43.4 Å². The molecule has 114 valence electrons. The molecule has 1 heterocycles. The van der Waals surface area contributed by atoms with E-state index in [1.807, 2.05) is 4.90 Å². The second-order valence-electron chi connectivity index (χ2n) is 6.24. The van der Waals surface area contributed by atoms with Gasteiger partial charge in [0.05, 0.1) is 0 Å². The van der Waals surface area contributed by atoms with E-state index < -0.39 is 0 Å². The molecule has 1 aromatic rings. The Labute approximate surface area is 125 Å². The Hall–Kier alpha value is -1.42. The third-order valence-electron chi connectivity index (χ3n) is 4.76. The number of hydrogen-bond donors (Lipinski definition) is 1. The minimum Gasteiger partial charge on any atom is -0.318 e. The smallest absolute Gasteiger partial charge is 0.244 e. The van der Waals surface area contributed by atoms with Gasteiger partial charge in [-0.2, -0.15) is 0 Å². The van der Waals surface area contributed by atoms with Gasteiger partial charge in [0.2, 0.25) is 5.91 Å². The zero-order valence-corrected chi connectivity index (χ0v) is 12.7. The quantitative estimate of drug-likeness (QED) is 0.901. The van der Waals surface area contributed by atoms with Gasteiger partial charge >= 0.3 is 0 Å². The first-order valence-corrected chi connectivity index (χ1v) is 7.97. The highest BCUT2D eigenvalue weighted by molar-refractivity contribution is 5.92. The normalized spacial score (nSPS) is 24.6. The van der Waals surface area contributed by atoms with Crippen LogP contribution in [0.15, 0.2) is 24.3 Å². The summed E-state index contributed by atoms with van der Waals surface area (Å²) in [4.78, 5) is 14.8. The summed E-state index contributed by atoms with van der Waals surface area (Å²) in [6, 6.07) is 6.77. The molecule has 3 nitrogen and oxygen atoms in total. The van der Waals surface area contributed by atoms with Crippen molar-refractivity contribution in [2.45, 2.75) is 63.7 Å². The molecule has 1 amide bonds. The minimum atomic E-state index is -0.333. The van der Waals surface area contributed by atoms with Crippen LogP contribution in [0.5, 0.6) is 0 Å². The third kappa shape index (κ3) is 2.46. The first-order valence-electron chi connectivity index (χ1n) is 7.97. The highest BCUT2D eigenvalue weighted by atomic mass is 19.1. The second-order valence-corrected chi connectivity index (χ2v) is 6.24. The van der Waals surface area contributed by atoms with Crippen molar-refractivity contribution in [2.24, 2.45) is 0 Å². The lowest BCUT2D eigenvalue weighted by molar-refractivity contribution is -0.133. The molecule has 1 aliphatic heterocycles. The molecule has 4 heteroatoms. The molecule has 0 aromatic heterocycles. The predicted molar refractivity (Wildman–Crippen MR) is 80.1 cm³/mol. The molecule has 2 aliphatic rings. The number of carbonyl (C=O) groups excluding carboxylic acids is 1. The lowest BCUT2D eigenvalue weighted by Gasteiger charge is -2.32. The molecule has 2 atom stereocenters. The van der Waals surface area contributed by atoms with E-state index in [1.165, 1.54) is 12.1 Å². The van der Waals surface area contributed by atoms with Crippen LogP contribution < -0.4 is 5.32 Å². The van der Waals surface area contributed by atoms with Crippen molar-refractivity contribution in [3.63, 3.8) is 0 Å². The van der Waals surface area contributed by atoms with Gasteiger partial charge in [0.15, 0.2) is 0 Å². The Kier molecular flexibility index (Phi) is 3.74. The van der Waals surface area contributed by atoms with Crippen LogP contribution in [-0.4, -0.2) is 22.4 Å². The molecule has 1 N–H and O–H groups in total. The van der Waals surface area contributed by atoms with E-state index in [0.717, 1.165) is 37.7 Å². The predicted octanol–water partition coefficient (Wildman–Crippen LogP) is 3.37. The molecule has 21 heavy (non-hydrogen) atoms. The van der Waals surface area contributed by atoms with Crippen molar-refractivity contribution in [3.8, 4) is 0 Å². The molecule has 1 aliphatic carbocycles. The van der Waals surface area contributed by atoms with E-state index in [2.05, 4.69) is 19.2 Å². The summed E-state index contributed by atoms with van der Waals surface area (Å²) in [6.45, 7) is 4.28. The van der Waals surface area contributed by atoms with Gasteiger partial charge in [0.1, 0.15) is 17.5 Å². The average Bonchev–Trinajstić information content (AvgIpc) is 3.21. The van der Waals surface area contributed by atoms with Crippen molar-refractivity contribution in [1.29, 1.82) is 0 Å². The van der Waals surface area contributed by atoms with Gasteiger partial charge in [0, 0.05) is 6.04 Å². The Bertz CT molecular complexity index is 524. The lowest BCUT2D eigenvalue weighted by Crippen LogP contribution is -2.40. The van der Waals surface area contributed by atoms with Gasteiger partial charge in [0.25, 0.3) is 0 Å². The molecule has 2 fully saturated rings. The van der Waals surface area contributed by atoms with Crippen molar-refractivity contribution in [1.82, 2.24) is 10.2 Å². The van der Waals surface area contributed by atoms with Gasteiger partial charge in [-0.25, -0.2) is 4.39 Å². The number of benzene rings is 1. The molecule has 1 saturated heterocycles. The molecular formula is C17H23FN2O. The number of amides is 1. The van der Waals surface area contributed by atoms with Crippen molar-refractivity contribution in [2.75, 3.05) is 0 Å². The first kappa shape index (κ1) is 14.5. The number of carbonyl (C=O) groups is 1. The zero-order chi connectivity index (χ0) is 15.0. The minimum absolute atomic E-state index is 0.114. The second kappa shape index (κ2) is 5.41. The number of rotatable bonds is 5. The molecule has 2 unspecified atom stereocenters. The zero-order valence-electron chi connectivity index (χ0n) is 12.7. The largest absolute Gasteiger partial charge is 0.318 e. The first-order chi connectivity index (χ1) is 10.1. The van der Waals surface area contributed by atoms with E-state index in [1.54, 1.807) is 12.1 Å². The van der Waals surface area contributed by atoms with E-state index in [4.69, 9.17) is 0 Å². The Balaban J connectivity index is 1.92. The summed E-state index contributed by atoms with van der Waals surface area (Å²) in [7, 11) is 0. The van der Waals surface area contributed by atoms with E-state index in [9.17, 15) is 9.18 Å². The average molecular weight is 290 g/mol. The Morgan fingerprint density at radius 2 is 2.00 bits per heavy atom. The number of nitrogens with zero attached hydrogens (tertiary/aromatic N) is 1. The van der Waals surface area contributed by atoms with Crippen LogP contribution in [0, 0.1) is 5.82 Å². The fraction of sp³-hybridized carbons (Fsp3) is 0.588. The lowest BCUT2D eigenvalue weighted by atomic mass is 10.0. The monoisotopic (exact) mass is 290 g/mol. The van der Waals surface area contributed by atoms with Gasteiger partial charge in [-0.1, -0.05) is 32.4 Å². The van der Waals surface area contributed by atoms with Crippen molar-refractivity contribution < 1.29 is 9.18 Å².